The second kappa shape index (κ2) is 8.39. The van der Waals surface area contributed by atoms with Crippen LogP contribution in [0.4, 0.5) is 5.69 Å². The van der Waals surface area contributed by atoms with Gasteiger partial charge in [0, 0.05) is 18.8 Å². The number of anilines is 1. The lowest BCUT2D eigenvalue weighted by atomic mass is 9.83. The third-order valence-corrected chi connectivity index (χ3v) is 5.48. The third-order valence-electron chi connectivity index (χ3n) is 5.48. The van der Waals surface area contributed by atoms with Crippen LogP contribution in [0.1, 0.15) is 45.1 Å². The molecule has 3 rings (SSSR count). The van der Waals surface area contributed by atoms with Gasteiger partial charge in [0.25, 0.3) is 0 Å². The van der Waals surface area contributed by atoms with Crippen LogP contribution in [0.2, 0.25) is 0 Å². The summed E-state index contributed by atoms with van der Waals surface area (Å²) >= 11 is 0. The molecule has 2 aliphatic rings. The Labute approximate surface area is 166 Å². The maximum atomic E-state index is 12.6. The van der Waals surface area contributed by atoms with E-state index in [2.05, 4.69) is 17.9 Å². The SMILES string of the molecule is CCOC(=O)C1=C(C)OC(N)=C(C#N)C1c1ccc(N2CCC(C)CC2)cc1. The highest BCUT2D eigenvalue weighted by molar-refractivity contribution is 5.92. The molecule has 1 aromatic carbocycles. The number of rotatable bonds is 4. The number of allylic oxidation sites excluding steroid dienone is 2. The van der Waals surface area contributed by atoms with Crippen LogP contribution in [0.3, 0.4) is 0 Å². The number of nitriles is 1. The van der Waals surface area contributed by atoms with Crippen molar-refractivity contribution in [1.29, 1.82) is 5.26 Å². The van der Waals surface area contributed by atoms with E-state index in [1.54, 1.807) is 13.8 Å². The second-order valence-electron chi connectivity index (χ2n) is 7.38. The van der Waals surface area contributed by atoms with Crippen LogP contribution in [0, 0.1) is 17.2 Å². The lowest BCUT2D eigenvalue weighted by molar-refractivity contribution is -0.139. The van der Waals surface area contributed by atoms with Crippen LogP contribution in [0.5, 0.6) is 0 Å². The Morgan fingerprint density at radius 1 is 1.32 bits per heavy atom. The van der Waals surface area contributed by atoms with E-state index in [-0.39, 0.29) is 18.1 Å². The summed E-state index contributed by atoms with van der Waals surface area (Å²) in [5.41, 5.74) is 8.47. The molecule has 6 heteroatoms. The van der Waals surface area contributed by atoms with Crippen molar-refractivity contribution in [2.45, 2.75) is 39.5 Å². The molecule has 0 aliphatic carbocycles. The lowest BCUT2D eigenvalue weighted by Gasteiger charge is -2.32. The van der Waals surface area contributed by atoms with Gasteiger partial charge in [-0.2, -0.15) is 5.26 Å². The van der Waals surface area contributed by atoms with Gasteiger partial charge < -0.3 is 20.1 Å². The summed E-state index contributed by atoms with van der Waals surface area (Å²) in [5.74, 6) is 0.0954. The Balaban J connectivity index is 1.94. The van der Waals surface area contributed by atoms with Crippen molar-refractivity contribution in [3.8, 4) is 6.07 Å². The van der Waals surface area contributed by atoms with E-state index in [0.29, 0.717) is 11.3 Å². The van der Waals surface area contributed by atoms with Gasteiger partial charge in [-0.3, -0.25) is 0 Å². The Bertz CT molecular complexity index is 841. The summed E-state index contributed by atoms with van der Waals surface area (Å²) in [6, 6.07) is 10.1. The molecular weight excluding hydrogens is 354 g/mol. The molecule has 0 aromatic heterocycles. The number of nitrogens with zero attached hydrogens (tertiary/aromatic N) is 2. The zero-order valence-electron chi connectivity index (χ0n) is 16.7. The molecule has 1 unspecified atom stereocenters. The molecule has 1 atom stereocenters. The average molecular weight is 381 g/mol. The molecule has 2 aliphatic heterocycles. The number of ether oxygens (including phenoxy) is 2. The van der Waals surface area contributed by atoms with E-state index in [1.807, 2.05) is 24.3 Å². The monoisotopic (exact) mass is 381 g/mol. The van der Waals surface area contributed by atoms with E-state index in [1.165, 1.54) is 12.8 Å². The van der Waals surface area contributed by atoms with Gasteiger partial charge in [0.2, 0.25) is 5.88 Å². The van der Waals surface area contributed by atoms with Crippen molar-refractivity contribution in [3.05, 3.63) is 52.6 Å². The number of nitrogens with two attached hydrogens (primary N) is 1. The molecular formula is C22H27N3O3. The van der Waals surface area contributed by atoms with Crippen LogP contribution in [-0.4, -0.2) is 25.7 Å². The highest BCUT2D eigenvalue weighted by Gasteiger charge is 2.36. The summed E-state index contributed by atoms with van der Waals surface area (Å²) in [7, 11) is 0. The molecule has 1 fully saturated rings. The first-order chi connectivity index (χ1) is 13.5. The minimum absolute atomic E-state index is 0.0344. The molecule has 0 bridgehead atoms. The minimum Gasteiger partial charge on any atom is -0.463 e. The van der Waals surface area contributed by atoms with Gasteiger partial charge in [-0.1, -0.05) is 19.1 Å². The van der Waals surface area contributed by atoms with Gasteiger partial charge in [0.05, 0.1) is 18.1 Å². The maximum absolute atomic E-state index is 12.6. The lowest BCUT2D eigenvalue weighted by Crippen LogP contribution is -2.32. The summed E-state index contributed by atoms with van der Waals surface area (Å²) in [5, 5.41) is 9.64. The normalized spacial score (nSPS) is 20.6. The van der Waals surface area contributed by atoms with Crippen molar-refractivity contribution in [2.75, 3.05) is 24.6 Å². The van der Waals surface area contributed by atoms with E-state index < -0.39 is 11.9 Å². The minimum atomic E-state index is -0.590. The molecule has 0 saturated carbocycles. The van der Waals surface area contributed by atoms with Gasteiger partial charge in [0.1, 0.15) is 17.4 Å². The van der Waals surface area contributed by atoms with Crippen molar-refractivity contribution in [1.82, 2.24) is 0 Å². The van der Waals surface area contributed by atoms with E-state index >= 15 is 0 Å². The molecule has 1 saturated heterocycles. The highest BCUT2D eigenvalue weighted by Crippen LogP contribution is 2.40. The Morgan fingerprint density at radius 2 is 1.96 bits per heavy atom. The fourth-order valence-corrected chi connectivity index (χ4v) is 3.83. The molecule has 2 heterocycles. The third kappa shape index (κ3) is 3.84. The standard InChI is InChI=1S/C22H27N3O3/c1-4-27-22(26)19-15(3)28-21(24)18(13-23)20(19)16-5-7-17(8-6-16)25-11-9-14(2)10-12-25/h5-8,14,20H,4,9-12,24H2,1-3H3. The molecule has 0 radical (unpaired) electrons. The van der Waals surface area contributed by atoms with E-state index in [9.17, 15) is 10.1 Å². The Kier molecular flexibility index (Phi) is 5.93. The first-order valence-electron chi connectivity index (χ1n) is 9.76. The van der Waals surface area contributed by atoms with Crippen molar-refractivity contribution in [3.63, 3.8) is 0 Å². The zero-order valence-corrected chi connectivity index (χ0v) is 16.7. The van der Waals surface area contributed by atoms with Gasteiger partial charge >= 0.3 is 5.97 Å². The van der Waals surface area contributed by atoms with Crippen LogP contribution >= 0.6 is 0 Å². The molecule has 6 nitrogen and oxygen atoms in total. The van der Waals surface area contributed by atoms with Crippen molar-refractivity contribution in [2.24, 2.45) is 11.7 Å². The fourth-order valence-electron chi connectivity index (χ4n) is 3.83. The van der Waals surface area contributed by atoms with E-state index in [4.69, 9.17) is 15.2 Å². The Morgan fingerprint density at radius 3 is 2.54 bits per heavy atom. The fraction of sp³-hybridized carbons (Fsp3) is 0.455. The molecule has 148 valence electrons. The molecule has 0 spiro atoms. The number of hydrogen-bond acceptors (Lipinski definition) is 6. The summed E-state index contributed by atoms with van der Waals surface area (Å²) in [6.45, 7) is 8.04. The van der Waals surface area contributed by atoms with Crippen LogP contribution in [-0.2, 0) is 14.3 Å². The predicted octanol–water partition coefficient (Wildman–Crippen LogP) is 3.57. The topological polar surface area (TPSA) is 88.6 Å². The number of esters is 1. The highest BCUT2D eigenvalue weighted by atomic mass is 16.5. The second-order valence-corrected chi connectivity index (χ2v) is 7.38. The number of benzene rings is 1. The van der Waals surface area contributed by atoms with Crippen LogP contribution in [0.25, 0.3) is 0 Å². The Hall–Kier alpha value is -2.94. The number of carbonyl (C=O) groups is 1. The molecule has 0 amide bonds. The van der Waals surface area contributed by atoms with Gasteiger partial charge in [0.15, 0.2) is 0 Å². The van der Waals surface area contributed by atoms with Crippen LogP contribution in [0.15, 0.2) is 47.1 Å². The first kappa shape index (κ1) is 19.8. The number of hydrogen-bond donors (Lipinski definition) is 1. The summed E-state index contributed by atoms with van der Waals surface area (Å²) < 4.78 is 10.7. The summed E-state index contributed by atoms with van der Waals surface area (Å²) in [4.78, 5) is 14.9. The average Bonchev–Trinajstić information content (AvgIpc) is 2.68. The number of carbonyl (C=O) groups excluding carboxylic acids is 1. The quantitative estimate of drug-likeness (QED) is 0.802. The van der Waals surface area contributed by atoms with Gasteiger partial charge in [-0.25, -0.2) is 4.79 Å². The molecule has 1 aromatic rings. The summed E-state index contributed by atoms with van der Waals surface area (Å²) in [6.07, 6.45) is 2.38. The van der Waals surface area contributed by atoms with Crippen LogP contribution < -0.4 is 10.6 Å². The predicted molar refractivity (Wildman–Crippen MR) is 107 cm³/mol. The first-order valence-corrected chi connectivity index (χ1v) is 9.76. The zero-order chi connectivity index (χ0) is 20.3. The smallest absolute Gasteiger partial charge is 0.338 e. The molecule has 2 N–H and O–H groups in total. The van der Waals surface area contributed by atoms with Crippen molar-refractivity contribution >= 4 is 11.7 Å². The number of piperidine rings is 1. The van der Waals surface area contributed by atoms with Gasteiger partial charge in [-0.05, 0) is 50.3 Å². The van der Waals surface area contributed by atoms with Gasteiger partial charge in [-0.15, -0.1) is 0 Å². The maximum Gasteiger partial charge on any atom is 0.338 e. The molecule has 28 heavy (non-hydrogen) atoms. The van der Waals surface area contributed by atoms with Crippen molar-refractivity contribution < 1.29 is 14.3 Å². The largest absolute Gasteiger partial charge is 0.463 e. The van der Waals surface area contributed by atoms with E-state index in [0.717, 1.165) is 30.3 Å².